The summed E-state index contributed by atoms with van der Waals surface area (Å²) in [6.45, 7) is 8.12. The molecule has 3 saturated heterocycles. The van der Waals surface area contributed by atoms with Gasteiger partial charge in [0.05, 0.1) is 25.0 Å². The molecule has 0 aliphatic carbocycles. The fourth-order valence-electron chi connectivity index (χ4n) is 8.74. The summed E-state index contributed by atoms with van der Waals surface area (Å²) in [5.74, 6) is -0.303. The number of piperidine rings is 1. The van der Waals surface area contributed by atoms with Crippen molar-refractivity contribution in [3.63, 3.8) is 0 Å². The number of fused-ring (bicyclic) bond motifs is 2. The van der Waals surface area contributed by atoms with Gasteiger partial charge in [-0.25, -0.2) is 0 Å². The zero-order chi connectivity index (χ0) is 33.1. The molecule has 0 bridgehead atoms. The van der Waals surface area contributed by atoms with Gasteiger partial charge in [-0.3, -0.25) is 14.5 Å². The normalized spacial score (nSPS) is 27.0. The molecule has 7 rings (SSSR count). The third-order valence-electron chi connectivity index (χ3n) is 10.9. The number of carbonyl (C=O) groups is 2. The van der Waals surface area contributed by atoms with Gasteiger partial charge in [0.25, 0.3) is 11.8 Å². The van der Waals surface area contributed by atoms with Gasteiger partial charge in [-0.2, -0.15) is 0 Å². The van der Waals surface area contributed by atoms with E-state index < -0.39 is 25.6 Å². The second-order valence-corrected chi connectivity index (χ2v) is 18.9. The first-order valence-corrected chi connectivity index (χ1v) is 20.4. The summed E-state index contributed by atoms with van der Waals surface area (Å²) in [5.41, 5.74) is 2.35. The maximum absolute atomic E-state index is 14.6. The first kappa shape index (κ1) is 32.5. The molecule has 11 heteroatoms. The Morgan fingerprint density at radius 2 is 1.68 bits per heavy atom. The van der Waals surface area contributed by atoms with Gasteiger partial charge in [0.2, 0.25) is 0 Å². The van der Waals surface area contributed by atoms with Crippen LogP contribution >= 0.6 is 15.9 Å². The minimum atomic E-state index is -2.77. The molecule has 4 aliphatic rings. The van der Waals surface area contributed by atoms with Gasteiger partial charge in [-0.05, 0) is 93.5 Å². The first-order valence-electron chi connectivity index (χ1n) is 16.6. The van der Waals surface area contributed by atoms with Crippen LogP contribution in [0.4, 0.5) is 17.1 Å². The molecule has 0 unspecified atom stereocenters. The molecule has 3 N–H and O–H groups in total. The Morgan fingerprint density at radius 3 is 2.34 bits per heavy atom. The molecule has 0 saturated carbocycles. The number of hydrogen-bond acceptors (Lipinski definition) is 7. The summed E-state index contributed by atoms with van der Waals surface area (Å²) in [5, 5.41) is 13.3. The third kappa shape index (κ3) is 5.17. The van der Waals surface area contributed by atoms with E-state index >= 15 is 0 Å². The molecule has 248 valence electrons. The monoisotopic (exact) mass is 718 g/mol. The molecule has 3 aromatic rings. The van der Waals surface area contributed by atoms with Crippen LogP contribution in [0.5, 0.6) is 0 Å². The molecule has 47 heavy (non-hydrogen) atoms. The van der Waals surface area contributed by atoms with Crippen LogP contribution in [0, 0.1) is 5.92 Å². The summed E-state index contributed by atoms with van der Waals surface area (Å²) in [6, 6.07) is 24.0. The number of para-hydroxylation sites is 1. The summed E-state index contributed by atoms with van der Waals surface area (Å²) < 4.78 is 7.56. The zero-order valence-corrected chi connectivity index (χ0v) is 29.7. The largest absolute Gasteiger partial charge is 0.432 e. The van der Waals surface area contributed by atoms with Crippen LogP contribution in [-0.2, 0) is 26.5 Å². The molecular weight excluding hydrogens is 676 g/mol. The van der Waals surface area contributed by atoms with Crippen molar-refractivity contribution in [3.05, 3.63) is 88.4 Å². The highest BCUT2D eigenvalue weighted by Crippen LogP contribution is 2.60. The van der Waals surface area contributed by atoms with Crippen molar-refractivity contribution < 1.29 is 24.2 Å². The molecule has 4 aliphatic heterocycles. The van der Waals surface area contributed by atoms with E-state index in [1.165, 1.54) is 0 Å². The Hall–Kier alpha value is -3.06. The molecule has 0 radical (unpaired) electrons. The second-order valence-electron chi connectivity index (χ2n) is 14.0. The number of nitrogens with zero attached hydrogens (tertiary/aromatic N) is 3. The van der Waals surface area contributed by atoms with Crippen molar-refractivity contribution in [2.24, 2.45) is 5.92 Å². The highest BCUT2D eigenvalue weighted by Gasteiger charge is 2.66. The Labute approximate surface area is 285 Å². The molecule has 0 aromatic heterocycles. The quantitative estimate of drug-likeness (QED) is 0.292. The number of carbonyl (C=O) groups excluding carboxylic acids is 2. The van der Waals surface area contributed by atoms with Crippen molar-refractivity contribution in [1.29, 1.82) is 0 Å². The average Bonchev–Trinajstić information content (AvgIpc) is 3.60. The topological polar surface area (TPSA) is 106 Å². The SMILES string of the molecule is C[C@H]1[C@H]([Si](C)(C)O)[C@@H](CCO)O[C@]12C(=O)N(Cc1ccc(N3CN(c4ccccc4)C4(CCNCC4)C3=O)cc1)c1ccc(Br)cc12. The van der Waals surface area contributed by atoms with Crippen molar-refractivity contribution in [2.75, 3.05) is 41.1 Å². The highest BCUT2D eigenvalue weighted by atomic mass is 79.9. The van der Waals surface area contributed by atoms with Crippen LogP contribution in [0.3, 0.4) is 0 Å². The summed E-state index contributed by atoms with van der Waals surface area (Å²) in [7, 11) is -2.77. The zero-order valence-electron chi connectivity index (χ0n) is 27.2. The predicted octanol–water partition coefficient (Wildman–Crippen LogP) is 5.11. The summed E-state index contributed by atoms with van der Waals surface area (Å²) in [6.07, 6.45) is 1.44. The Bertz CT molecular complexity index is 1660. The van der Waals surface area contributed by atoms with Crippen LogP contribution in [0.15, 0.2) is 77.3 Å². The number of benzene rings is 3. The third-order valence-corrected chi connectivity index (χ3v) is 13.9. The predicted molar refractivity (Wildman–Crippen MR) is 189 cm³/mol. The molecule has 3 aromatic carbocycles. The van der Waals surface area contributed by atoms with Crippen LogP contribution in [0.2, 0.25) is 18.6 Å². The van der Waals surface area contributed by atoms with E-state index in [0.29, 0.717) is 19.6 Å². The Kier molecular flexibility index (Phi) is 8.38. The lowest BCUT2D eigenvalue weighted by molar-refractivity contribution is -0.146. The van der Waals surface area contributed by atoms with Crippen LogP contribution in [0.1, 0.15) is 37.3 Å². The standard InChI is InChI=1S/C36H43BrN4O5Si/c1-24-32(47(2,3)45)31(15-20-42)46-36(24)29-21-26(37)11-14-30(29)39(34(36)44)22-25-9-12-27(13-10-25)40-23-41(28-7-5-4-6-8-28)35(33(40)43)16-18-38-19-17-35/h4-14,21,24,31-32,38,42,45H,15-20,22-23H2,1-3H3/t24-,31+,32-,36+/m0/s1. The van der Waals surface area contributed by atoms with E-state index in [9.17, 15) is 19.5 Å². The van der Waals surface area contributed by atoms with E-state index in [1.807, 2.05) is 85.6 Å². The number of nitrogens with one attached hydrogen (secondary N) is 1. The number of anilines is 3. The van der Waals surface area contributed by atoms with Gasteiger partial charge in [0, 0.05) is 39.5 Å². The number of halogens is 1. The number of hydrogen-bond donors (Lipinski definition) is 3. The van der Waals surface area contributed by atoms with E-state index in [-0.39, 0.29) is 29.9 Å². The summed E-state index contributed by atoms with van der Waals surface area (Å²) >= 11 is 3.61. The van der Waals surface area contributed by atoms with Crippen molar-refractivity contribution in [1.82, 2.24) is 5.32 Å². The highest BCUT2D eigenvalue weighted by molar-refractivity contribution is 9.10. The number of ether oxygens (including phenoxy) is 1. The Morgan fingerprint density at radius 1 is 0.979 bits per heavy atom. The van der Waals surface area contributed by atoms with E-state index in [0.717, 1.165) is 58.6 Å². The first-order chi connectivity index (χ1) is 22.5. The molecule has 3 fully saturated rings. The summed E-state index contributed by atoms with van der Waals surface area (Å²) in [4.78, 5) is 46.0. The molecule has 2 amide bonds. The lowest BCUT2D eigenvalue weighted by Crippen LogP contribution is -2.55. The molecule has 9 nitrogen and oxygen atoms in total. The smallest absolute Gasteiger partial charge is 0.264 e. The minimum Gasteiger partial charge on any atom is -0.432 e. The molecule has 2 spiro atoms. The average molecular weight is 720 g/mol. The van der Waals surface area contributed by atoms with Crippen LogP contribution in [0.25, 0.3) is 0 Å². The number of aliphatic hydroxyl groups excluding tert-OH is 1. The number of amides is 2. The molecule has 4 heterocycles. The van der Waals surface area contributed by atoms with Crippen molar-refractivity contribution >= 4 is 53.1 Å². The minimum absolute atomic E-state index is 0.0787. The van der Waals surface area contributed by atoms with Gasteiger partial charge in [-0.1, -0.05) is 53.2 Å². The lowest BCUT2D eigenvalue weighted by atomic mass is 9.82. The maximum Gasteiger partial charge on any atom is 0.264 e. The van der Waals surface area contributed by atoms with Gasteiger partial charge in [0.15, 0.2) is 13.9 Å². The molecular formula is C36H43BrN4O5Si. The number of aliphatic hydroxyl groups is 1. The van der Waals surface area contributed by atoms with Gasteiger partial charge >= 0.3 is 0 Å². The van der Waals surface area contributed by atoms with E-state index in [2.05, 4.69) is 38.3 Å². The number of rotatable bonds is 7. The Balaban J connectivity index is 1.18. The van der Waals surface area contributed by atoms with Gasteiger partial charge < -0.3 is 29.8 Å². The molecule has 4 atom stereocenters. The van der Waals surface area contributed by atoms with Gasteiger partial charge in [0.1, 0.15) is 5.54 Å². The van der Waals surface area contributed by atoms with Crippen LogP contribution < -0.4 is 20.0 Å². The second kappa shape index (κ2) is 12.1. The van der Waals surface area contributed by atoms with Crippen LogP contribution in [-0.4, -0.2) is 68.0 Å². The lowest BCUT2D eigenvalue weighted by Gasteiger charge is -2.39. The van der Waals surface area contributed by atoms with Gasteiger partial charge in [-0.15, -0.1) is 0 Å². The fourth-order valence-corrected chi connectivity index (χ4v) is 11.7. The van der Waals surface area contributed by atoms with E-state index in [4.69, 9.17) is 4.74 Å². The maximum atomic E-state index is 14.6. The van der Waals surface area contributed by atoms with Crippen molar-refractivity contribution in [3.8, 4) is 0 Å². The fraction of sp³-hybridized carbons (Fsp3) is 0.444. The van der Waals surface area contributed by atoms with E-state index in [1.54, 1.807) is 4.90 Å². The van der Waals surface area contributed by atoms with Crippen molar-refractivity contribution in [2.45, 2.75) is 68.6 Å².